The molecule has 0 unspecified atom stereocenters. The van der Waals surface area contributed by atoms with E-state index < -0.39 is 11.6 Å². The molecule has 2 heterocycles. The van der Waals surface area contributed by atoms with E-state index in [0.29, 0.717) is 21.7 Å². The number of halogens is 1. The molecule has 4 rings (SSSR count). The summed E-state index contributed by atoms with van der Waals surface area (Å²) in [5, 5.41) is 2.91. The summed E-state index contributed by atoms with van der Waals surface area (Å²) < 4.78 is 23.8. The zero-order valence-corrected chi connectivity index (χ0v) is 16.5. The van der Waals surface area contributed by atoms with Gasteiger partial charge in [0.25, 0.3) is 0 Å². The normalized spacial score (nSPS) is 11.0. The van der Waals surface area contributed by atoms with Crippen molar-refractivity contribution in [2.45, 2.75) is 20.5 Å². The Kier molecular flexibility index (Phi) is 4.98. The van der Waals surface area contributed by atoms with Crippen molar-refractivity contribution in [1.82, 2.24) is 4.98 Å². The third kappa shape index (κ3) is 3.82. The Morgan fingerprint density at radius 3 is 2.69 bits per heavy atom. The number of nitrogens with zero attached hydrogens (tertiary/aromatic N) is 1. The van der Waals surface area contributed by atoms with E-state index in [1.807, 2.05) is 26.0 Å². The van der Waals surface area contributed by atoms with Crippen LogP contribution >= 0.6 is 11.3 Å². The lowest BCUT2D eigenvalue weighted by Crippen LogP contribution is -2.08. The molecule has 2 aromatic heterocycles. The van der Waals surface area contributed by atoms with Crippen LogP contribution in [0.15, 0.2) is 57.1 Å². The van der Waals surface area contributed by atoms with Gasteiger partial charge >= 0.3 is 11.6 Å². The number of hydrogen-bond donors (Lipinski definition) is 0. The Labute approximate surface area is 169 Å². The van der Waals surface area contributed by atoms with Crippen molar-refractivity contribution < 1.29 is 18.3 Å². The lowest BCUT2D eigenvalue weighted by Gasteiger charge is -2.09. The second kappa shape index (κ2) is 7.60. The molecule has 0 fully saturated rings. The lowest BCUT2D eigenvalue weighted by atomic mass is 10.0. The molecular formula is C22H16FNO4S. The smallest absolute Gasteiger partial charge is 0.358 e. The summed E-state index contributed by atoms with van der Waals surface area (Å²) in [7, 11) is 0. The second-order valence-corrected chi connectivity index (χ2v) is 7.45. The van der Waals surface area contributed by atoms with Crippen LogP contribution in [-0.4, -0.2) is 11.0 Å². The minimum Gasteiger partial charge on any atom is -0.456 e. The van der Waals surface area contributed by atoms with Crippen LogP contribution in [0.5, 0.6) is 0 Å². The fourth-order valence-corrected chi connectivity index (χ4v) is 3.75. The second-order valence-electron chi connectivity index (χ2n) is 6.60. The molecule has 0 aliphatic heterocycles. The molecule has 0 saturated carbocycles. The van der Waals surface area contributed by atoms with Crippen LogP contribution in [0.4, 0.5) is 4.39 Å². The Hall–Kier alpha value is -3.32. The van der Waals surface area contributed by atoms with Gasteiger partial charge in [-0.05, 0) is 49.2 Å². The Bertz CT molecular complexity index is 1270. The van der Waals surface area contributed by atoms with Gasteiger partial charge in [-0.2, -0.15) is 0 Å². The Balaban J connectivity index is 1.55. The maximum atomic E-state index is 13.1. The molecule has 0 N–H and O–H groups in total. The summed E-state index contributed by atoms with van der Waals surface area (Å²) in [6.07, 6.45) is 0. The van der Waals surface area contributed by atoms with Crippen molar-refractivity contribution in [3.05, 3.63) is 86.5 Å². The Morgan fingerprint density at radius 2 is 1.93 bits per heavy atom. The Morgan fingerprint density at radius 1 is 1.17 bits per heavy atom. The number of carbonyl (C=O) groups is 1. The largest absolute Gasteiger partial charge is 0.456 e. The highest BCUT2D eigenvalue weighted by molar-refractivity contribution is 7.13. The molecule has 0 spiro atoms. The van der Waals surface area contributed by atoms with Crippen molar-refractivity contribution in [2.24, 2.45) is 0 Å². The highest BCUT2D eigenvalue weighted by Gasteiger charge is 2.16. The maximum Gasteiger partial charge on any atom is 0.358 e. The van der Waals surface area contributed by atoms with Crippen molar-refractivity contribution in [3.8, 4) is 10.6 Å². The number of fused-ring (bicyclic) bond motifs is 1. The zero-order valence-electron chi connectivity index (χ0n) is 15.7. The molecule has 0 amide bonds. The van der Waals surface area contributed by atoms with Gasteiger partial charge in [0.1, 0.15) is 23.0 Å². The number of benzene rings is 2. The minimum atomic E-state index is -0.597. The number of aryl methyl sites for hydroxylation is 2. The molecule has 146 valence electrons. The van der Waals surface area contributed by atoms with Crippen molar-refractivity contribution in [2.75, 3.05) is 0 Å². The first-order valence-electron chi connectivity index (χ1n) is 8.84. The van der Waals surface area contributed by atoms with E-state index in [-0.39, 0.29) is 18.1 Å². The number of carbonyl (C=O) groups excluding carboxylic acids is 1. The molecule has 0 radical (unpaired) electrons. The molecule has 0 aliphatic rings. The summed E-state index contributed by atoms with van der Waals surface area (Å²) in [5.41, 5.74) is 3.32. The number of thiazole rings is 1. The van der Waals surface area contributed by atoms with Crippen molar-refractivity contribution in [3.63, 3.8) is 0 Å². The van der Waals surface area contributed by atoms with E-state index >= 15 is 0 Å². The van der Waals surface area contributed by atoms with Gasteiger partial charge in [0.2, 0.25) is 0 Å². The molecule has 5 nitrogen and oxygen atoms in total. The van der Waals surface area contributed by atoms with Crippen LogP contribution in [0.1, 0.15) is 27.2 Å². The first kappa shape index (κ1) is 19.0. The van der Waals surface area contributed by atoms with E-state index in [1.54, 1.807) is 17.5 Å². The highest BCUT2D eigenvalue weighted by Crippen LogP contribution is 2.26. The number of aromatic nitrogens is 1. The first-order valence-corrected chi connectivity index (χ1v) is 9.72. The topological polar surface area (TPSA) is 69.4 Å². The van der Waals surface area contributed by atoms with E-state index in [1.165, 1.54) is 29.5 Å². The molecule has 7 heteroatoms. The van der Waals surface area contributed by atoms with Crippen LogP contribution in [0.3, 0.4) is 0 Å². The summed E-state index contributed by atoms with van der Waals surface area (Å²) in [6.45, 7) is 3.73. The van der Waals surface area contributed by atoms with Crippen LogP contribution in [0, 0.1) is 19.7 Å². The van der Waals surface area contributed by atoms with Gasteiger partial charge in [0, 0.05) is 28.0 Å². The standard InChI is InChI=1S/C22H16FNO4S/c1-12-3-8-17-15(9-19(25)28-20(17)13(12)2)10-27-22(26)18-11-29-21(24-18)14-4-6-16(23)7-5-14/h3-9,11H,10H2,1-2H3. The average molecular weight is 409 g/mol. The highest BCUT2D eigenvalue weighted by atomic mass is 32.1. The molecule has 0 atom stereocenters. The van der Waals surface area contributed by atoms with Crippen LogP contribution in [0.25, 0.3) is 21.5 Å². The van der Waals surface area contributed by atoms with Gasteiger partial charge in [-0.3, -0.25) is 0 Å². The van der Waals surface area contributed by atoms with Gasteiger partial charge in [-0.1, -0.05) is 12.1 Å². The molecular weight excluding hydrogens is 393 g/mol. The number of ether oxygens (including phenoxy) is 1. The fraction of sp³-hybridized carbons (Fsp3) is 0.136. The van der Waals surface area contributed by atoms with Crippen LogP contribution in [-0.2, 0) is 11.3 Å². The average Bonchev–Trinajstić information content (AvgIpc) is 3.20. The first-order chi connectivity index (χ1) is 13.9. The predicted molar refractivity (Wildman–Crippen MR) is 109 cm³/mol. The molecule has 0 bridgehead atoms. The fourth-order valence-electron chi connectivity index (χ4n) is 2.95. The minimum absolute atomic E-state index is 0.0765. The van der Waals surface area contributed by atoms with E-state index in [2.05, 4.69) is 4.98 Å². The third-order valence-electron chi connectivity index (χ3n) is 4.68. The van der Waals surface area contributed by atoms with Gasteiger partial charge < -0.3 is 9.15 Å². The van der Waals surface area contributed by atoms with E-state index in [0.717, 1.165) is 16.5 Å². The molecule has 29 heavy (non-hydrogen) atoms. The number of rotatable bonds is 4. The monoisotopic (exact) mass is 409 g/mol. The van der Waals surface area contributed by atoms with Crippen molar-refractivity contribution in [1.29, 1.82) is 0 Å². The predicted octanol–water partition coefficient (Wildman–Crippen LogP) is 5.03. The van der Waals surface area contributed by atoms with Gasteiger partial charge in [-0.25, -0.2) is 19.0 Å². The van der Waals surface area contributed by atoms with Crippen LogP contribution in [0.2, 0.25) is 0 Å². The molecule has 2 aromatic carbocycles. The summed E-state index contributed by atoms with van der Waals surface area (Å²) in [6, 6.07) is 11.0. The van der Waals surface area contributed by atoms with Crippen LogP contribution < -0.4 is 5.63 Å². The van der Waals surface area contributed by atoms with E-state index in [4.69, 9.17) is 9.15 Å². The number of esters is 1. The van der Waals surface area contributed by atoms with Gasteiger partial charge in [0.15, 0.2) is 5.69 Å². The molecule has 4 aromatic rings. The van der Waals surface area contributed by atoms with Crippen molar-refractivity contribution >= 4 is 28.3 Å². The summed E-state index contributed by atoms with van der Waals surface area (Å²) >= 11 is 1.27. The summed E-state index contributed by atoms with van der Waals surface area (Å²) in [4.78, 5) is 28.6. The zero-order chi connectivity index (χ0) is 20.5. The summed E-state index contributed by atoms with van der Waals surface area (Å²) in [5.74, 6) is -0.935. The quantitative estimate of drug-likeness (QED) is 0.349. The van der Waals surface area contributed by atoms with Gasteiger partial charge in [0.05, 0.1) is 0 Å². The van der Waals surface area contributed by atoms with E-state index in [9.17, 15) is 14.0 Å². The lowest BCUT2D eigenvalue weighted by molar-refractivity contribution is 0.0468. The van der Waals surface area contributed by atoms with Gasteiger partial charge in [-0.15, -0.1) is 11.3 Å². The number of hydrogen-bond acceptors (Lipinski definition) is 6. The molecule has 0 saturated heterocycles. The SMILES string of the molecule is Cc1ccc2c(COC(=O)c3csc(-c4ccc(F)cc4)n3)cc(=O)oc2c1C. The maximum absolute atomic E-state index is 13.1. The molecule has 0 aliphatic carbocycles. The third-order valence-corrected chi connectivity index (χ3v) is 5.57.